The number of aliphatic hydroxyl groups is 3. The lowest BCUT2D eigenvalue weighted by molar-refractivity contribution is -0.118. The summed E-state index contributed by atoms with van der Waals surface area (Å²) >= 11 is 0. The van der Waals surface area contributed by atoms with E-state index >= 15 is 0 Å². The number of carbonyl (C=O) groups is 1. The van der Waals surface area contributed by atoms with E-state index in [0.717, 1.165) is 29.4 Å². The van der Waals surface area contributed by atoms with Gasteiger partial charge in [0.25, 0.3) is 5.91 Å². The van der Waals surface area contributed by atoms with E-state index in [0.29, 0.717) is 0 Å². The number of carbonyl (C=O) groups excluding carboxylic acids is 1. The lowest BCUT2D eigenvalue weighted by atomic mass is 10.0. The fourth-order valence-corrected chi connectivity index (χ4v) is 3.56. The Morgan fingerprint density at radius 3 is 2.50 bits per heavy atom. The Morgan fingerprint density at radius 1 is 1.10 bits per heavy atom. The fraction of sp³-hybridized carbons (Fsp3) is 0.391. The molecule has 0 aliphatic carbocycles. The highest BCUT2D eigenvalue weighted by molar-refractivity contribution is 6.02. The van der Waals surface area contributed by atoms with Crippen LogP contribution in [0.5, 0.6) is 0 Å². The van der Waals surface area contributed by atoms with Crippen LogP contribution in [0, 0.1) is 11.3 Å². The topological polar surface area (TPSA) is 117 Å². The van der Waals surface area contributed by atoms with E-state index in [1.54, 1.807) is 0 Å². The van der Waals surface area contributed by atoms with Gasteiger partial charge >= 0.3 is 0 Å². The zero-order valence-corrected chi connectivity index (χ0v) is 16.8. The van der Waals surface area contributed by atoms with Gasteiger partial charge < -0.3 is 25.5 Å². The third kappa shape index (κ3) is 5.36. The number of anilines is 1. The van der Waals surface area contributed by atoms with Crippen molar-refractivity contribution in [2.45, 2.75) is 31.5 Å². The molecule has 0 saturated carbocycles. The predicted octanol–water partition coefficient (Wildman–Crippen LogP) is 1.57. The van der Waals surface area contributed by atoms with Crippen molar-refractivity contribution in [3.8, 4) is 6.07 Å². The molecule has 7 nitrogen and oxygen atoms in total. The van der Waals surface area contributed by atoms with Crippen LogP contribution < -0.4 is 10.2 Å². The Morgan fingerprint density at radius 2 is 1.80 bits per heavy atom. The van der Waals surface area contributed by atoms with Crippen molar-refractivity contribution in [3.63, 3.8) is 0 Å². The Hall–Kier alpha value is -2.92. The van der Waals surface area contributed by atoms with Gasteiger partial charge in [0.05, 0.1) is 12.7 Å². The first kappa shape index (κ1) is 21.8. The molecule has 1 saturated heterocycles. The van der Waals surface area contributed by atoms with Gasteiger partial charge in [-0.1, -0.05) is 18.2 Å². The van der Waals surface area contributed by atoms with Gasteiger partial charge in [-0.15, -0.1) is 0 Å². The number of benzene rings is 2. The van der Waals surface area contributed by atoms with Crippen LogP contribution in [0.3, 0.4) is 0 Å². The number of nitrogens with zero attached hydrogens (tertiary/aromatic N) is 2. The molecule has 1 heterocycles. The number of hydrogen-bond donors (Lipinski definition) is 4. The van der Waals surface area contributed by atoms with Gasteiger partial charge in [0.1, 0.15) is 17.7 Å². The lowest BCUT2D eigenvalue weighted by Crippen LogP contribution is -2.40. The van der Waals surface area contributed by atoms with Crippen molar-refractivity contribution >= 4 is 28.4 Å². The molecular formula is C23H27N3O4. The van der Waals surface area contributed by atoms with Crippen molar-refractivity contribution in [2.24, 2.45) is 0 Å². The number of amides is 1. The predicted molar refractivity (Wildman–Crippen MR) is 116 cm³/mol. The zero-order chi connectivity index (χ0) is 21.5. The van der Waals surface area contributed by atoms with Gasteiger partial charge in [-0.3, -0.25) is 4.79 Å². The molecule has 0 radical (unpaired) electrons. The van der Waals surface area contributed by atoms with Crippen molar-refractivity contribution < 1.29 is 20.1 Å². The van der Waals surface area contributed by atoms with E-state index in [1.165, 1.54) is 31.0 Å². The molecule has 0 bridgehead atoms. The quantitative estimate of drug-likeness (QED) is 0.407. The first-order valence-electron chi connectivity index (χ1n) is 10.2. The number of hydrogen-bond acceptors (Lipinski definition) is 6. The van der Waals surface area contributed by atoms with Crippen molar-refractivity contribution in [3.05, 3.63) is 47.5 Å². The molecule has 0 aromatic heterocycles. The normalized spacial score (nSPS) is 16.7. The molecule has 158 valence electrons. The molecule has 30 heavy (non-hydrogen) atoms. The van der Waals surface area contributed by atoms with Crippen LogP contribution in [-0.2, 0) is 4.79 Å². The van der Waals surface area contributed by atoms with Gasteiger partial charge in [0, 0.05) is 25.3 Å². The van der Waals surface area contributed by atoms with Crippen LogP contribution in [0.25, 0.3) is 16.8 Å². The van der Waals surface area contributed by atoms with Crippen LogP contribution in [0.15, 0.2) is 42.0 Å². The summed E-state index contributed by atoms with van der Waals surface area (Å²) in [5, 5.41) is 41.6. The second kappa shape index (κ2) is 10.2. The van der Waals surface area contributed by atoms with Gasteiger partial charge in [-0.05, 0) is 59.9 Å². The van der Waals surface area contributed by atoms with E-state index in [1.807, 2.05) is 24.3 Å². The Balaban J connectivity index is 1.73. The van der Waals surface area contributed by atoms with Gasteiger partial charge in [-0.25, -0.2) is 0 Å². The Labute approximate surface area is 175 Å². The molecule has 2 aromatic rings. The van der Waals surface area contributed by atoms with Crippen molar-refractivity contribution in [2.75, 3.05) is 31.1 Å². The number of nitrogens with one attached hydrogen (secondary N) is 1. The van der Waals surface area contributed by atoms with E-state index < -0.39 is 24.7 Å². The molecule has 2 aromatic carbocycles. The molecule has 1 amide bonds. The SMILES string of the molecule is N#C/C(=C\c1ccc2cc(N3CCCCC3)ccc2c1)C(=O)NCC(O)C(O)CO. The highest BCUT2D eigenvalue weighted by atomic mass is 16.4. The minimum absolute atomic E-state index is 0.107. The Bertz CT molecular complexity index is 961. The maximum absolute atomic E-state index is 12.2. The smallest absolute Gasteiger partial charge is 0.262 e. The van der Waals surface area contributed by atoms with E-state index in [4.69, 9.17) is 5.11 Å². The molecule has 7 heteroatoms. The highest BCUT2D eigenvalue weighted by Crippen LogP contribution is 2.26. The van der Waals surface area contributed by atoms with Gasteiger partial charge in [0.15, 0.2) is 0 Å². The molecule has 2 unspecified atom stereocenters. The average molecular weight is 409 g/mol. The summed E-state index contributed by atoms with van der Waals surface area (Å²) in [6, 6.07) is 13.9. The number of rotatable bonds is 7. The second-order valence-corrected chi connectivity index (χ2v) is 7.54. The molecule has 2 atom stereocenters. The second-order valence-electron chi connectivity index (χ2n) is 7.54. The molecule has 1 aliphatic heterocycles. The third-order valence-electron chi connectivity index (χ3n) is 5.35. The van der Waals surface area contributed by atoms with Crippen LogP contribution in [0.4, 0.5) is 5.69 Å². The van der Waals surface area contributed by atoms with Crippen molar-refractivity contribution in [1.82, 2.24) is 5.32 Å². The first-order chi connectivity index (χ1) is 14.5. The standard InChI is InChI=1S/C23H27N3O4/c24-13-19(23(30)25-14-21(28)22(29)15-27)11-16-4-5-18-12-20(7-6-17(18)10-16)26-8-2-1-3-9-26/h4-7,10-12,21-22,27-29H,1-3,8-9,14-15H2,(H,25,30)/b19-11+. The van der Waals surface area contributed by atoms with Crippen molar-refractivity contribution in [1.29, 1.82) is 5.26 Å². The van der Waals surface area contributed by atoms with Crippen LogP contribution in [0.2, 0.25) is 0 Å². The molecule has 4 N–H and O–H groups in total. The molecule has 1 aliphatic rings. The minimum atomic E-state index is -1.35. The van der Waals surface area contributed by atoms with Crippen LogP contribution in [-0.4, -0.2) is 59.7 Å². The summed E-state index contributed by atoms with van der Waals surface area (Å²) in [7, 11) is 0. The molecular weight excluding hydrogens is 382 g/mol. The van der Waals surface area contributed by atoms with Gasteiger partial charge in [0.2, 0.25) is 0 Å². The summed E-state index contributed by atoms with van der Waals surface area (Å²) in [4.78, 5) is 14.6. The summed E-state index contributed by atoms with van der Waals surface area (Å²) in [5.41, 5.74) is 1.83. The summed E-state index contributed by atoms with van der Waals surface area (Å²) in [6.07, 6.45) is 2.55. The van der Waals surface area contributed by atoms with Crippen LogP contribution >= 0.6 is 0 Å². The minimum Gasteiger partial charge on any atom is -0.394 e. The maximum Gasteiger partial charge on any atom is 0.262 e. The zero-order valence-electron chi connectivity index (χ0n) is 16.8. The first-order valence-corrected chi connectivity index (χ1v) is 10.2. The number of piperidine rings is 1. The number of nitriles is 1. The molecule has 1 fully saturated rings. The average Bonchev–Trinajstić information content (AvgIpc) is 2.80. The van der Waals surface area contributed by atoms with Crippen LogP contribution in [0.1, 0.15) is 24.8 Å². The summed E-state index contributed by atoms with van der Waals surface area (Å²) < 4.78 is 0. The van der Waals surface area contributed by atoms with E-state index in [-0.39, 0.29) is 12.1 Å². The largest absolute Gasteiger partial charge is 0.394 e. The monoisotopic (exact) mass is 409 g/mol. The van der Waals surface area contributed by atoms with E-state index in [2.05, 4.69) is 28.4 Å². The third-order valence-corrected chi connectivity index (χ3v) is 5.35. The fourth-order valence-electron chi connectivity index (χ4n) is 3.56. The maximum atomic E-state index is 12.2. The molecule has 3 rings (SSSR count). The summed E-state index contributed by atoms with van der Waals surface area (Å²) in [6.45, 7) is 1.28. The number of fused-ring (bicyclic) bond motifs is 1. The molecule has 0 spiro atoms. The summed E-state index contributed by atoms with van der Waals surface area (Å²) in [5.74, 6) is -0.651. The lowest BCUT2D eigenvalue weighted by Gasteiger charge is -2.29. The van der Waals surface area contributed by atoms with E-state index in [9.17, 15) is 20.3 Å². The Kier molecular flexibility index (Phi) is 7.41. The van der Waals surface area contributed by atoms with Gasteiger partial charge in [-0.2, -0.15) is 5.26 Å². The number of aliphatic hydroxyl groups excluding tert-OH is 3. The highest BCUT2D eigenvalue weighted by Gasteiger charge is 2.17.